The van der Waals surface area contributed by atoms with Gasteiger partial charge < -0.3 is 15.2 Å². The summed E-state index contributed by atoms with van der Waals surface area (Å²) in [6.45, 7) is 7.45. The zero-order valence-corrected chi connectivity index (χ0v) is 11.9. The minimum atomic E-state index is -0.582. The predicted octanol–water partition coefficient (Wildman–Crippen LogP) is 1.72. The average molecular weight is 257 g/mol. The van der Waals surface area contributed by atoms with E-state index in [0.717, 1.165) is 31.6 Å². The van der Waals surface area contributed by atoms with E-state index in [1.54, 1.807) is 0 Å². The van der Waals surface area contributed by atoms with Crippen molar-refractivity contribution < 1.29 is 14.6 Å². The van der Waals surface area contributed by atoms with E-state index in [4.69, 9.17) is 4.74 Å². The van der Waals surface area contributed by atoms with Gasteiger partial charge in [0.2, 0.25) is 0 Å². The molecule has 0 spiro atoms. The number of nitrogens with one attached hydrogen (secondary N) is 1. The summed E-state index contributed by atoms with van der Waals surface area (Å²) < 4.78 is 4.94. The van der Waals surface area contributed by atoms with Gasteiger partial charge in [-0.05, 0) is 38.5 Å². The average Bonchev–Trinajstić information content (AvgIpc) is 2.33. The molecule has 1 aliphatic rings. The number of esters is 1. The first kappa shape index (κ1) is 15.4. The Morgan fingerprint density at radius 1 is 1.50 bits per heavy atom. The van der Waals surface area contributed by atoms with Crippen molar-refractivity contribution in [2.45, 2.75) is 52.1 Å². The summed E-state index contributed by atoms with van der Waals surface area (Å²) in [5.41, 5.74) is -0.582. The second-order valence-corrected chi connectivity index (χ2v) is 5.69. The minimum absolute atomic E-state index is 0.156. The molecule has 1 rings (SSSR count). The van der Waals surface area contributed by atoms with Crippen LogP contribution in [-0.2, 0) is 9.53 Å². The molecule has 0 aromatic heterocycles. The molecule has 1 atom stereocenters. The smallest absolute Gasteiger partial charge is 0.309 e. The van der Waals surface area contributed by atoms with Crippen molar-refractivity contribution in [2.75, 3.05) is 19.7 Å². The van der Waals surface area contributed by atoms with Crippen molar-refractivity contribution in [3.63, 3.8) is 0 Å². The van der Waals surface area contributed by atoms with E-state index in [0.29, 0.717) is 19.7 Å². The van der Waals surface area contributed by atoms with Crippen molar-refractivity contribution in [2.24, 2.45) is 11.8 Å². The van der Waals surface area contributed by atoms with Gasteiger partial charge in [-0.3, -0.25) is 4.79 Å². The van der Waals surface area contributed by atoms with Gasteiger partial charge in [0.1, 0.15) is 0 Å². The summed E-state index contributed by atoms with van der Waals surface area (Å²) >= 11 is 0. The maximum absolute atomic E-state index is 11.4. The number of hydrogen-bond acceptors (Lipinski definition) is 4. The first-order valence-electron chi connectivity index (χ1n) is 7.06. The van der Waals surface area contributed by atoms with Crippen LogP contribution in [0.3, 0.4) is 0 Å². The van der Waals surface area contributed by atoms with Gasteiger partial charge in [-0.2, -0.15) is 0 Å². The summed E-state index contributed by atoms with van der Waals surface area (Å²) in [6, 6.07) is 0. The van der Waals surface area contributed by atoms with E-state index in [2.05, 4.69) is 12.2 Å². The highest BCUT2D eigenvalue weighted by Gasteiger charge is 2.31. The van der Waals surface area contributed by atoms with Crippen molar-refractivity contribution in [1.82, 2.24) is 5.32 Å². The number of ether oxygens (including phenoxy) is 1. The van der Waals surface area contributed by atoms with Gasteiger partial charge in [0.25, 0.3) is 0 Å². The summed E-state index contributed by atoms with van der Waals surface area (Å²) in [6.07, 6.45) is 3.89. The molecule has 0 aliphatic heterocycles. The third-order valence-corrected chi connectivity index (χ3v) is 3.80. The highest BCUT2D eigenvalue weighted by Crippen LogP contribution is 2.31. The maximum Gasteiger partial charge on any atom is 0.309 e. The molecule has 18 heavy (non-hydrogen) atoms. The molecule has 0 radical (unpaired) electrons. The Labute approximate surface area is 110 Å². The zero-order valence-electron chi connectivity index (χ0n) is 11.9. The van der Waals surface area contributed by atoms with E-state index < -0.39 is 5.60 Å². The number of carbonyl (C=O) groups is 1. The molecule has 0 saturated heterocycles. The van der Waals surface area contributed by atoms with Crippen LogP contribution in [0, 0.1) is 11.8 Å². The second-order valence-electron chi connectivity index (χ2n) is 5.69. The van der Waals surface area contributed by atoms with E-state index in [1.807, 2.05) is 13.8 Å². The van der Waals surface area contributed by atoms with Crippen LogP contribution in [0.2, 0.25) is 0 Å². The number of rotatable bonds is 6. The molecule has 1 aliphatic carbocycles. The molecule has 2 N–H and O–H groups in total. The molecule has 4 heteroatoms. The second kappa shape index (κ2) is 7.10. The predicted molar refractivity (Wildman–Crippen MR) is 71.2 cm³/mol. The molecule has 1 unspecified atom stereocenters. The van der Waals surface area contributed by atoms with Gasteiger partial charge in [0.15, 0.2) is 0 Å². The molecule has 0 aromatic carbocycles. The summed E-state index contributed by atoms with van der Waals surface area (Å²) in [5, 5.41) is 13.6. The molecule has 0 aromatic rings. The fourth-order valence-electron chi connectivity index (χ4n) is 2.37. The van der Waals surface area contributed by atoms with E-state index in [9.17, 15) is 9.90 Å². The van der Waals surface area contributed by atoms with Gasteiger partial charge >= 0.3 is 5.97 Å². The van der Waals surface area contributed by atoms with Crippen LogP contribution in [0.5, 0.6) is 0 Å². The maximum atomic E-state index is 11.4. The molecular weight excluding hydrogens is 230 g/mol. The highest BCUT2D eigenvalue weighted by molar-refractivity contribution is 5.72. The quantitative estimate of drug-likeness (QED) is 0.711. The minimum Gasteiger partial charge on any atom is -0.466 e. The summed E-state index contributed by atoms with van der Waals surface area (Å²) in [5.74, 6) is 0.397. The van der Waals surface area contributed by atoms with Crippen LogP contribution in [-0.4, -0.2) is 36.4 Å². The van der Waals surface area contributed by atoms with Crippen LogP contribution in [0.1, 0.15) is 46.5 Å². The third-order valence-electron chi connectivity index (χ3n) is 3.80. The topological polar surface area (TPSA) is 58.6 Å². The molecule has 0 bridgehead atoms. The lowest BCUT2D eigenvalue weighted by molar-refractivity contribution is -0.147. The molecule has 1 fully saturated rings. The number of carbonyl (C=O) groups excluding carboxylic acids is 1. The van der Waals surface area contributed by atoms with Gasteiger partial charge in [-0.25, -0.2) is 0 Å². The van der Waals surface area contributed by atoms with Crippen molar-refractivity contribution in [1.29, 1.82) is 0 Å². The van der Waals surface area contributed by atoms with Crippen LogP contribution in [0.25, 0.3) is 0 Å². The monoisotopic (exact) mass is 257 g/mol. The van der Waals surface area contributed by atoms with Crippen LogP contribution in [0.4, 0.5) is 0 Å². The Bertz CT molecular complexity index is 260. The van der Waals surface area contributed by atoms with Crippen molar-refractivity contribution >= 4 is 5.97 Å². The van der Waals surface area contributed by atoms with Gasteiger partial charge in [-0.1, -0.05) is 13.8 Å². The highest BCUT2D eigenvalue weighted by atomic mass is 16.5. The fraction of sp³-hybridized carbons (Fsp3) is 0.929. The van der Waals surface area contributed by atoms with Crippen molar-refractivity contribution in [3.8, 4) is 0 Å². The molecule has 1 saturated carbocycles. The van der Waals surface area contributed by atoms with Gasteiger partial charge in [0.05, 0.1) is 18.1 Å². The Morgan fingerprint density at radius 2 is 2.11 bits per heavy atom. The lowest BCUT2D eigenvalue weighted by Crippen LogP contribution is -2.45. The lowest BCUT2D eigenvalue weighted by atomic mass is 9.79. The zero-order chi connectivity index (χ0) is 13.6. The lowest BCUT2D eigenvalue weighted by Gasteiger charge is -2.35. The molecule has 4 nitrogen and oxygen atoms in total. The SMILES string of the molecule is CCOC(=O)C(C)CNCC1(O)CCC(C)CC1. The van der Waals surface area contributed by atoms with E-state index in [1.165, 1.54) is 0 Å². The largest absolute Gasteiger partial charge is 0.466 e. The normalized spacial score (nSPS) is 29.9. The Hall–Kier alpha value is -0.610. The molecule has 0 heterocycles. The standard InChI is InChI=1S/C14H27NO3/c1-4-18-13(16)12(3)9-15-10-14(17)7-5-11(2)6-8-14/h11-12,15,17H,4-10H2,1-3H3. The first-order valence-corrected chi connectivity index (χ1v) is 7.06. The number of aliphatic hydroxyl groups is 1. The third kappa shape index (κ3) is 4.94. The van der Waals surface area contributed by atoms with Gasteiger partial charge in [0, 0.05) is 13.1 Å². The Morgan fingerprint density at radius 3 is 2.67 bits per heavy atom. The number of hydrogen-bond donors (Lipinski definition) is 2. The van der Waals surface area contributed by atoms with Crippen molar-refractivity contribution in [3.05, 3.63) is 0 Å². The molecular formula is C14H27NO3. The van der Waals surface area contributed by atoms with Gasteiger partial charge in [-0.15, -0.1) is 0 Å². The summed E-state index contributed by atoms with van der Waals surface area (Å²) in [7, 11) is 0. The Kier molecular flexibility index (Phi) is 6.09. The van der Waals surface area contributed by atoms with Crippen LogP contribution in [0.15, 0.2) is 0 Å². The van der Waals surface area contributed by atoms with Crippen LogP contribution >= 0.6 is 0 Å². The molecule has 0 amide bonds. The molecule has 106 valence electrons. The fourth-order valence-corrected chi connectivity index (χ4v) is 2.37. The summed E-state index contributed by atoms with van der Waals surface area (Å²) in [4.78, 5) is 11.4. The first-order chi connectivity index (χ1) is 8.47. The van der Waals surface area contributed by atoms with E-state index in [-0.39, 0.29) is 11.9 Å². The Balaban J connectivity index is 2.22. The van der Waals surface area contributed by atoms with E-state index >= 15 is 0 Å². The van der Waals surface area contributed by atoms with Crippen LogP contribution < -0.4 is 5.32 Å².